The molecule has 0 aliphatic heterocycles. The highest BCUT2D eigenvalue weighted by Gasteiger charge is 2.04. The quantitative estimate of drug-likeness (QED) is 0.555. The second kappa shape index (κ2) is 2.97. The van der Waals surface area contributed by atoms with Crippen molar-refractivity contribution in [3.63, 3.8) is 0 Å². The van der Waals surface area contributed by atoms with Crippen molar-refractivity contribution in [1.29, 1.82) is 0 Å². The van der Waals surface area contributed by atoms with Crippen LogP contribution in [0.25, 0.3) is 0 Å². The van der Waals surface area contributed by atoms with Crippen LogP contribution in [-0.2, 0) is 0 Å². The van der Waals surface area contributed by atoms with E-state index in [4.69, 9.17) is 5.73 Å². The van der Waals surface area contributed by atoms with Crippen LogP contribution in [0.4, 0.5) is 4.39 Å². The molecule has 0 heterocycles. The first-order chi connectivity index (χ1) is 3.18. The molecule has 2 N–H and O–H groups in total. The van der Waals surface area contributed by atoms with Gasteiger partial charge in [-0.15, -0.1) is 0 Å². The van der Waals surface area contributed by atoms with E-state index in [1.807, 2.05) is 6.92 Å². The summed E-state index contributed by atoms with van der Waals surface area (Å²) in [7, 11) is 0. The molecule has 0 aliphatic rings. The first-order valence-electron chi connectivity index (χ1n) is 2.50. The third kappa shape index (κ3) is 2.57. The predicted octanol–water partition coefficient (Wildman–Crippen LogP) is 0.939. The van der Waals surface area contributed by atoms with E-state index in [1.165, 1.54) is 0 Å². The molecule has 0 saturated carbocycles. The number of nitrogens with two attached hydrogens (primary N) is 1. The monoisotopic (exact) mass is 105 g/mol. The van der Waals surface area contributed by atoms with Crippen LogP contribution in [0.2, 0.25) is 0 Å². The van der Waals surface area contributed by atoms with E-state index in [0.29, 0.717) is 0 Å². The number of hydrogen-bond donors (Lipinski definition) is 1. The van der Waals surface area contributed by atoms with E-state index >= 15 is 0 Å². The Balaban J connectivity index is 3.14. The Morgan fingerprint density at radius 1 is 1.57 bits per heavy atom. The Bertz CT molecular complexity index is 45.3. The first-order valence-corrected chi connectivity index (χ1v) is 2.50. The van der Waals surface area contributed by atoms with Crippen LogP contribution in [0.3, 0.4) is 0 Å². The van der Waals surface area contributed by atoms with E-state index < -0.39 is 0 Å². The highest BCUT2D eigenvalue weighted by Crippen LogP contribution is 1.98. The molecule has 0 aliphatic carbocycles. The largest absolute Gasteiger partial charge is 0.328 e. The molecule has 0 amide bonds. The van der Waals surface area contributed by atoms with E-state index in [1.54, 1.807) is 6.92 Å². The normalized spacial score (nSPS) is 18.9. The lowest BCUT2D eigenvalue weighted by molar-refractivity contribution is 0.346. The minimum absolute atomic E-state index is 0.00926. The van der Waals surface area contributed by atoms with Gasteiger partial charge in [0.05, 0.1) is 6.67 Å². The molecule has 1 nitrogen and oxygen atoms in total. The maximum Gasteiger partial charge on any atom is 0.0934 e. The Morgan fingerprint density at radius 2 is 2.00 bits per heavy atom. The smallest absolute Gasteiger partial charge is 0.0934 e. The van der Waals surface area contributed by atoms with Gasteiger partial charge in [-0.3, -0.25) is 4.39 Å². The van der Waals surface area contributed by atoms with Crippen LogP contribution in [0.5, 0.6) is 0 Å². The number of halogens is 1. The lowest BCUT2D eigenvalue weighted by Crippen LogP contribution is -2.25. The molecule has 0 aromatic carbocycles. The zero-order valence-electron chi connectivity index (χ0n) is 4.82. The molecule has 0 fully saturated rings. The van der Waals surface area contributed by atoms with Crippen molar-refractivity contribution >= 4 is 0 Å². The van der Waals surface area contributed by atoms with Crippen molar-refractivity contribution < 1.29 is 4.39 Å². The van der Waals surface area contributed by atoms with Crippen molar-refractivity contribution in [2.75, 3.05) is 6.67 Å². The van der Waals surface area contributed by atoms with Crippen molar-refractivity contribution in [2.45, 2.75) is 19.9 Å². The standard InChI is InChI=1S/C5H12FN/c1-4(3-6)5(2)7/h4-5H,3,7H2,1-2H3. The molecule has 2 unspecified atom stereocenters. The number of rotatable bonds is 2. The maximum absolute atomic E-state index is 11.6. The molecule has 0 bridgehead atoms. The van der Waals surface area contributed by atoms with Gasteiger partial charge in [-0.2, -0.15) is 0 Å². The minimum Gasteiger partial charge on any atom is -0.328 e. The van der Waals surface area contributed by atoms with E-state index in [-0.39, 0.29) is 18.6 Å². The summed E-state index contributed by atoms with van der Waals surface area (Å²) >= 11 is 0. The van der Waals surface area contributed by atoms with Gasteiger partial charge in [0.25, 0.3) is 0 Å². The van der Waals surface area contributed by atoms with E-state index in [0.717, 1.165) is 0 Å². The lowest BCUT2D eigenvalue weighted by Gasteiger charge is -2.08. The molecule has 44 valence electrons. The Kier molecular flexibility index (Phi) is 2.92. The van der Waals surface area contributed by atoms with Gasteiger partial charge < -0.3 is 5.73 Å². The summed E-state index contributed by atoms with van der Waals surface area (Å²) in [6, 6.07) is -0.00926. The number of hydrogen-bond acceptors (Lipinski definition) is 1. The third-order valence-electron chi connectivity index (χ3n) is 1.14. The molecule has 0 aromatic rings. The summed E-state index contributed by atoms with van der Waals surface area (Å²) in [6.45, 7) is 3.30. The Labute approximate surface area is 43.7 Å². The third-order valence-corrected chi connectivity index (χ3v) is 1.14. The Morgan fingerprint density at radius 3 is 2.00 bits per heavy atom. The van der Waals surface area contributed by atoms with Crippen LogP contribution in [0.1, 0.15) is 13.8 Å². The Hall–Kier alpha value is -0.110. The second-order valence-electron chi connectivity index (χ2n) is 1.99. The molecule has 0 saturated heterocycles. The van der Waals surface area contributed by atoms with Crippen LogP contribution >= 0.6 is 0 Å². The lowest BCUT2D eigenvalue weighted by atomic mass is 10.1. The van der Waals surface area contributed by atoms with Gasteiger partial charge in [-0.25, -0.2) is 0 Å². The van der Waals surface area contributed by atoms with Gasteiger partial charge in [0.2, 0.25) is 0 Å². The highest BCUT2D eigenvalue weighted by atomic mass is 19.1. The summed E-state index contributed by atoms with van der Waals surface area (Å²) in [6.07, 6.45) is 0. The molecular weight excluding hydrogens is 93.1 g/mol. The van der Waals surface area contributed by atoms with Gasteiger partial charge in [0.1, 0.15) is 0 Å². The minimum atomic E-state index is -0.308. The zero-order chi connectivity index (χ0) is 5.86. The molecular formula is C5H12FN. The summed E-state index contributed by atoms with van der Waals surface area (Å²) < 4.78 is 11.6. The van der Waals surface area contributed by atoms with Gasteiger partial charge in [0.15, 0.2) is 0 Å². The highest BCUT2D eigenvalue weighted by molar-refractivity contribution is 4.60. The van der Waals surface area contributed by atoms with Crippen LogP contribution in [0, 0.1) is 5.92 Å². The topological polar surface area (TPSA) is 26.0 Å². The molecule has 2 heteroatoms. The fraction of sp³-hybridized carbons (Fsp3) is 1.00. The summed E-state index contributed by atoms with van der Waals surface area (Å²) in [5.41, 5.74) is 5.31. The fourth-order valence-corrected chi connectivity index (χ4v) is 0.141. The SMILES string of the molecule is CC(N)C(C)CF. The van der Waals surface area contributed by atoms with Gasteiger partial charge in [-0.1, -0.05) is 6.92 Å². The summed E-state index contributed by atoms with van der Waals surface area (Å²) in [4.78, 5) is 0. The average Bonchev–Trinajstić information content (AvgIpc) is 1.65. The van der Waals surface area contributed by atoms with Crippen molar-refractivity contribution in [2.24, 2.45) is 11.7 Å². The average molecular weight is 105 g/mol. The van der Waals surface area contributed by atoms with Gasteiger partial charge in [0, 0.05) is 6.04 Å². The molecule has 0 aromatic heterocycles. The zero-order valence-corrected chi connectivity index (χ0v) is 4.82. The van der Waals surface area contributed by atoms with Crippen molar-refractivity contribution in [3.05, 3.63) is 0 Å². The maximum atomic E-state index is 11.6. The first kappa shape index (κ1) is 6.89. The van der Waals surface area contributed by atoms with Gasteiger partial charge >= 0.3 is 0 Å². The molecule has 0 spiro atoms. The van der Waals surface area contributed by atoms with Crippen LogP contribution in [0.15, 0.2) is 0 Å². The van der Waals surface area contributed by atoms with E-state index in [2.05, 4.69) is 0 Å². The molecule has 7 heavy (non-hydrogen) atoms. The fourth-order valence-electron chi connectivity index (χ4n) is 0.141. The van der Waals surface area contributed by atoms with E-state index in [9.17, 15) is 4.39 Å². The molecule has 2 atom stereocenters. The summed E-state index contributed by atoms with van der Waals surface area (Å²) in [5, 5.41) is 0. The molecule has 0 radical (unpaired) electrons. The van der Waals surface area contributed by atoms with Crippen LogP contribution < -0.4 is 5.73 Å². The molecule has 0 rings (SSSR count). The van der Waals surface area contributed by atoms with Crippen LogP contribution in [-0.4, -0.2) is 12.7 Å². The van der Waals surface area contributed by atoms with Crippen molar-refractivity contribution in [1.82, 2.24) is 0 Å². The number of alkyl halides is 1. The van der Waals surface area contributed by atoms with Gasteiger partial charge in [-0.05, 0) is 12.8 Å². The predicted molar refractivity (Wildman–Crippen MR) is 28.8 cm³/mol. The summed E-state index contributed by atoms with van der Waals surface area (Å²) in [5.74, 6) is 0.0139. The van der Waals surface area contributed by atoms with Crippen molar-refractivity contribution in [3.8, 4) is 0 Å². The second-order valence-corrected chi connectivity index (χ2v) is 1.99.